The van der Waals surface area contributed by atoms with E-state index in [2.05, 4.69) is 32.0 Å². The maximum atomic E-state index is 6.11. The van der Waals surface area contributed by atoms with E-state index in [0.29, 0.717) is 5.25 Å². The Morgan fingerprint density at radius 3 is 2.94 bits per heavy atom. The summed E-state index contributed by atoms with van der Waals surface area (Å²) in [5, 5.41) is 0.397. The third kappa shape index (κ3) is 2.78. The molecule has 2 atom stereocenters. The molecular weight excluding hydrogens is 218 g/mol. The summed E-state index contributed by atoms with van der Waals surface area (Å²) in [5.41, 5.74) is 8.75. The largest absolute Gasteiger partial charge is 0.380 e. The van der Waals surface area contributed by atoms with E-state index in [0.717, 1.165) is 19.6 Å². The van der Waals surface area contributed by atoms with Gasteiger partial charge in [0.05, 0.1) is 6.61 Å². The Morgan fingerprint density at radius 1 is 1.38 bits per heavy atom. The van der Waals surface area contributed by atoms with Crippen molar-refractivity contribution < 1.29 is 4.74 Å². The Hall–Kier alpha value is -0.510. The van der Waals surface area contributed by atoms with Gasteiger partial charge in [0.25, 0.3) is 0 Å². The minimum Gasteiger partial charge on any atom is -0.380 e. The highest BCUT2D eigenvalue weighted by molar-refractivity contribution is 8.00. The molecule has 1 heterocycles. The van der Waals surface area contributed by atoms with Crippen LogP contribution in [-0.2, 0) is 4.74 Å². The quantitative estimate of drug-likeness (QED) is 0.858. The average Bonchev–Trinajstić information content (AvgIpc) is 2.27. The van der Waals surface area contributed by atoms with Gasteiger partial charge >= 0.3 is 0 Å². The lowest BCUT2D eigenvalue weighted by Gasteiger charge is -2.28. The number of rotatable bonds is 2. The molecule has 1 aromatic rings. The first-order chi connectivity index (χ1) is 7.66. The van der Waals surface area contributed by atoms with Crippen molar-refractivity contribution in [2.75, 3.05) is 13.2 Å². The van der Waals surface area contributed by atoms with Gasteiger partial charge in [0.15, 0.2) is 0 Å². The van der Waals surface area contributed by atoms with E-state index < -0.39 is 0 Å². The predicted octanol–water partition coefficient (Wildman–Crippen LogP) is 2.51. The van der Waals surface area contributed by atoms with Crippen LogP contribution >= 0.6 is 11.8 Å². The Balaban J connectivity index is 2.10. The summed E-state index contributed by atoms with van der Waals surface area (Å²) in [4.78, 5) is 1.34. The number of benzene rings is 1. The molecule has 0 radical (unpaired) electrons. The van der Waals surface area contributed by atoms with Crippen LogP contribution in [0.25, 0.3) is 0 Å². The van der Waals surface area contributed by atoms with Crippen LogP contribution in [-0.4, -0.2) is 24.5 Å². The minimum absolute atomic E-state index is 0.263. The zero-order chi connectivity index (χ0) is 11.5. The van der Waals surface area contributed by atoms with Crippen LogP contribution in [0.3, 0.4) is 0 Å². The molecule has 1 saturated heterocycles. The molecule has 2 nitrogen and oxygen atoms in total. The number of ether oxygens (including phenoxy) is 1. The number of thioether (sulfide) groups is 1. The van der Waals surface area contributed by atoms with Crippen molar-refractivity contribution in [3.05, 3.63) is 29.3 Å². The van der Waals surface area contributed by atoms with Crippen LogP contribution in [0.1, 0.15) is 17.5 Å². The van der Waals surface area contributed by atoms with Crippen molar-refractivity contribution in [3.63, 3.8) is 0 Å². The fourth-order valence-electron chi connectivity index (χ4n) is 1.85. The van der Waals surface area contributed by atoms with Gasteiger partial charge in [0.2, 0.25) is 0 Å². The topological polar surface area (TPSA) is 35.2 Å². The lowest BCUT2D eigenvalue weighted by atomic mass is 10.1. The fourth-order valence-corrected chi connectivity index (χ4v) is 3.16. The van der Waals surface area contributed by atoms with Gasteiger partial charge in [-0.15, -0.1) is 11.8 Å². The summed E-state index contributed by atoms with van der Waals surface area (Å²) in [6.45, 7) is 5.86. The Bertz CT molecular complexity index is 367. The second-order valence-electron chi connectivity index (χ2n) is 4.45. The maximum Gasteiger partial charge on any atom is 0.0603 e. The standard InChI is InChI=1S/C13H19NOS/c1-9-3-4-10(2)12(7-9)16-13-8-15-6-5-11(13)14/h3-4,7,11,13H,5-6,8,14H2,1-2H3. The van der Waals surface area contributed by atoms with E-state index in [9.17, 15) is 0 Å². The monoisotopic (exact) mass is 237 g/mol. The van der Waals surface area contributed by atoms with E-state index in [4.69, 9.17) is 10.5 Å². The summed E-state index contributed by atoms with van der Waals surface area (Å²) in [7, 11) is 0. The van der Waals surface area contributed by atoms with Crippen molar-refractivity contribution in [1.82, 2.24) is 0 Å². The molecule has 1 fully saturated rings. The second kappa shape index (κ2) is 5.21. The Morgan fingerprint density at radius 2 is 2.19 bits per heavy atom. The molecule has 0 amide bonds. The molecule has 3 heteroatoms. The number of hydrogen-bond acceptors (Lipinski definition) is 3. The van der Waals surface area contributed by atoms with Crippen molar-refractivity contribution in [2.45, 2.75) is 36.5 Å². The summed E-state index contributed by atoms with van der Waals surface area (Å²) < 4.78 is 5.49. The maximum absolute atomic E-state index is 6.11. The smallest absolute Gasteiger partial charge is 0.0603 e. The average molecular weight is 237 g/mol. The zero-order valence-electron chi connectivity index (χ0n) is 9.90. The molecule has 1 aliphatic heterocycles. The third-order valence-electron chi connectivity index (χ3n) is 2.98. The van der Waals surface area contributed by atoms with Gasteiger partial charge in [0, 0.05) is 22.8 Å². The molecule has 0 aliphatic carbocycles. The molecule has 2 rings (SSSR count). The van der Waals surface area contributed by atoms with Crippen LogP contribution in [0, 0.1) is 13.8 Å². The van der Waals surface area contributed by atoms with E-state index in [1.54, 1.807) is 0 Å². The highest BCUT2D eigenvalue weighted by atomic mass is 32.2. The van der Waals surface area contributed by atoms with Crippen molar-refractivity contribution in [2.24, 2.45) is 5.73 Å². The minimum atomic E-state index is 0.263. The van der Waals surface area contributed by atoms with E-state index in [-0.39, 0.29) is 6.04 Å². The van der Waals surface area contributed by atoms with Crippen LogP contribution < -0.4 is 5.73 Å². The molecule has 0 spiro atoms. The molecule has 88 valence electrons. The van der Waals surface area contributed by atoms with Gasteiger partial charge in [-0.25, -0.2) is 0 Å². The van der Waals surface area contributed by atoms with E-state index in [1.165, 1.54) is 16.0 Å². The summed E-state index contributed by atoms with van der Waals surface area (Å²) in [6.07, 6.45) is 0.975. The number of aryl methyl sites for hydroxylation is 2. The first-order valence-corrected chi connectivity index (χ1v) is 6.62. The van der Waals surface area contributed by atoms with Crippen LogP contribution in [0.4, 0.5) is 0 Å². The summed E-state index contributed by atoms with van der Waals surface area (Å²) >= 11 is 1.86. The zero-order valence-corrected chi connectivity index (χ0v) is 10.7. The number of hydrogen-bond donors (Lipinski definition) is 1. The molecule has 0 saturated carbocycles. The van der Waals surface area contributed by atoms with Gasteiger partial charge in [-0.2, -0.15) is 0 Å². The van der Waals surface area contributed by atoms with Gasteiger partial charge in [-0.3, -0.25) is 0 Å². The fraction of sp³-hybridized carbons (Fsp3) is 0.538. The molecular formula is C13H19NOS. The summed E-state index contributed by atoms with van der Waals surface area (Å²) in [5.74, 6) is 0. The van der Waals surface area contributed by atoms with Gasteiger partial charge < -0.3 is 10.5 Å². The van der Waals surface area contributed by atoms with Gasteiger partial charge in [0.1, 0.15) is 0 Å². The van der Waals surface area contributed by atoms with Crippen LogP contribution in [0.15, 0.2) is 23.1 Å². The highest BCUT2D eigenvalue weighted by Crippen LogP contribution is 2.31. The molecule has 1 aliphatic rings. The molecule has 2 N–H and O–H groups in total. The summed E-state index contributed by atoms with van der Waals surface area (Å²) in [6, 6.07) is 6.82. The normalized spacial score (nSPS) is 25.7. The number of nitrogens with two attached hydrogens (primary N) is 1. The molecule has 1 aromatic carbocycles. The van der Waals surface area contributed by atoms with E-state index >= 15 is 0 Å². The SMILES string of the molecule is Cc1ccc(C)c(SC2COCCC2N)c1. The van der Waals surface area contributed by atoms with Crippen molar-refractivity contribution >= 4 is 11.8 Å². The Labute approximate surface area is 102 Å². The van der Waals surface area contributed by atoms with Crippen molar-refractivity contribution in [3.8, 4) is 0 Å². The first kappa shape index (κ1) is 12.0. The van der Waals surface area contributed by atoms with Crippen LogP contribution in [0.2, 0.25) is 0 Å². The first-order valence-electron chi connectivity index (χ1n) is 5.74. The molecule has 2 unspecified atom stereocenters. The van der Waals surface area contributed by atoms with Gasteiger partial charge in [-0.1, -0.05) is 17.7 Å². The van der Waals surface area contributed by atoms with Crippen molar-refractivity contribution in [1.29, 1.82) is 0 Å². The van der Waals surface area contributed by atoms with E-state index in [1.807, 2.05) is 11.8 Å². The highest BCUT2D eigenvalue weighted by Gasteiger charge is 2.23. The predicted molar refractivity (Wildman–Crippen MR) is 69.0 cm³/mol. The lowest BCUT2D eigenvalue weighted by Crippen LogP contribution is -2.40. The second-order valence-corrected chi connectivity index (χ2v) is 5.73. The molecule has 0 aromatic heterocycles. The molecule has 16 heavy (non-hydrogen) atoms. The molecule has 0 bridgehead atoms. The Kier molecular flexibility index (Phi) is 3.90. The van der Waals surface area contributed by atoms with Gasteiger partial charge in [-0.05, 0) is 31.9 Å². The third-order valence-corrected chi connectivity index (χ3v) is 4.46. The lowest BCUT2D eigenvalue weighted by molar-refractivity contribution is 0.0916. The van der Waals surface area contributed by atoms with Crippen LogP contribution in [0.5, 0.6) is 0 Å².